The summed E-state index contributed by atoms with van der Waals surface area (Å²) in [6, 6.07) is 9.68. The first kappa shape index (κ1) is 12.9. The summed E-state index contributed by atoms with van der Waals surface area (Å²) in [6.07, 6.45) is 4.12. The maximum absolute atomic E-state index is 11.5. The van der Waals surface area contributed by atoms with Crippen LogP contribution in [-0.4, -0.2) is 30.8 Å². The van der Waals surface area contributed by atoms with E-state index >= 15 is 0 Å². The fourth-order valence-corrected chi connectivity index (χ4v) is 1.91. The number of carbonyl (C=O) groups is 1. The molecule has 18 heavy (non-hydrogen) atoms. The number of ether oxygens (including phenoxy) is 1. The zero-order valence-electron chi connectivity index (χ0n) is 10.5. The standard InChI is InChI=1S/C14H19N2O2/c17-14(15-12-16-9-5-2-6-10-16)18-11-13-7-3-1-4-8-13/h1-4,7-8H,5-6,9-12H2,(H,15,17). The molecule has 1 aromatic rings. The van der Waals surface area contributed by atoms with Crippen molar-refractivity contribution in [2.24, 2.45) is 0 Å². The second-order valence-corrected chi connectivity index (χ2v) is 4.38. The number of nitrogens with one attached hydrogen (secondary N) is 1. The average Bonchev–Trinajstić information content (AvgIpc) is 2.45. The molecule has 0 spiro atoms. The van der Waals surface area contributed by atoms with Gasteiger partial charge in [0.25, 0.3) is 0 Å². The van der Waals surface area contributed by atoms with Crippen molar-refractivity contribution < 1.29 is 9.53 Å². The van der Waals surface area contributed by atoms with Gasteiger partial charge in [0, 0.05) is 13.1 Å². The number of hydrogen-bond acceptors (Lipinski definition) is 3. The van der Waals surface area contributed by atoms with Gasteiger partial charge < -0.3 is 10.1 Å². The van der Waals surface area contributed by atoms with Crippen LogP contribution in [0.25, 0.3) is 0 Å². The van der Waals surface area contributed by atoms with E-state index in [4.69, 9.17) is 4.74 Å². The van der Waals surface area contributed by atoms with Gasteiger partial charge in [0.2, 0.25) is 0 Å². The van der Waals surface area contributed by atoms with Crippen LogP contribution in [0.4, 0.5) is 4.79 Å². The Balaban J connectivity index is 1.63. The second-order valence-electron chi connectivity index (χ2n) is 4.38. The molecule has 2 rings (SSSR count). The van der Waals surface area contributed by atoms with E-state index in [-0.39, 0.29) is 6.09 Å². The summed E-state index contributed by atoms with van der Waals surface area (Å²) in [5.74, 6) is 0. The Kier molecular flexibility index (Phi) is 5.02. The molecule has 1 fully saturated rings. The molecule has 0 saturated carbocycles. The van der Waals surface area contributed by atoms with Crippen molar-refractivity contribution in [1.29, 1.82) is 0 Å². The third-order valence-electron chi connectivity index (χ3n) is 2.96. The van der Waals surface area contributed by atoms with Gasteiger partial charge in [-0.25, -0.2) is 4.79 Å². The van der Waals surface area contributed by atoms with Crippen LogP contribution in [0.2, 0.25) is 0 Å². The lowest BCUT2D eigenvalue weighted by Gasteiger charge is -2.26. The quantitative estimate of drug-likeness (QED) is 0.886. The van der Waals surface area contributed by atoms with Crippen LogP contribution in [0.3, 0.4) is 0 Å². The highest BCUT2D eigenvalue weighted by atomic mass is 16.5. The van der Waals surface area contributed by atoms with Crippen molar-refractivity contribution in [2.75, 3.05) is 19.8 Å². The maximum atomic E-state index is 11.5. The molecule has 1 amide bonds. The fourth-order valence-electron chi connectivity index (χ4n) is 1.91. The van der Waals surface area contributed by atoms with Crippen LogP contribution in [-0.2, 0) is 11.3 Å². The predicted octanol–water partition coefficient (Wildman–Crippen LogP) is 2.17. The summed E-state index contributed by atoms with van der Waals surface area (Å²) >= 11 is 0. The number of carbonyl (C=O) groups excluding carboxylic acids is 1. The molecule has 0 aliphatic carbocycles. The van der Waals surface area contributed by atoms with Crippen LogP contribution in [0, 0.1) is 6.42 Å². The number of likely N-dealkylation sites (tertiary alicyclic amines) is 1. The molecule has 1 aliphatic rings. The van der Waals surface area contributed by atoms with Gasteiger partial charge in [-0.05, 0) is 24.8 Å². The van der Waals surface area contributed by atoms with Crippen molar-refractivity contribution in [1.82, 2.24) is 10.2 Å². The molecular weight excluding hydrogens is 228 g/mol. The number of benzene rings is 1. The zero-order valence-corrected chi connectivity index (χ0v) is 10.5. The lowest BCUT2D eigenvalue weighted by molar-refractivity contribution is 0.129. The van der Waals surface area contributed by atoms with E-state index in [1.165, 1.54) is 0 Å². The van der Waals surface area contributed by atoms with E-state index in [1.54, 1.807) is 0 Å². The summed E-state index contributed by atoms with van der Waals surface area (Å²) in [5, 5.41) is 2.77. The molecule has 1 aliphatic heterocycles. The predicted molar refractivity (Wildman–Crippen MR) is 69.7 cm³/mol. The molecule has 0 aromatic heterocycles. The van der Waals surface area contributed by atoms with Crippen molar-refractivity contribution in [3.63, 3.8) is 0 Å². The first-order valence-corrected chi connectivity index (χ1v) is 6.33. The molecular formula is C14H19N2O2. The van der Waals surface area contributed by atoms with Gasteiger partial charge in [0.1, 0.15) is 6.61 Å². The van der Waals surface area contributed by atoms with Gasteiger partial charge >= 0.3 is 6.09 Å². The van der Waals surface area contributed by atoms with E-state index in [0.717, 1.165) is 31.5 Å². The van der Waals surface area contributed by atoms with Crippen molar-refractivity contribution in [2.45, 2.75) is 19.4 Å². The maximum Gasteiger partial charge on any atom is 0.408 e. The fraction of sp³-hybridized carbons (Fsp3) is 0.429. The second kappa shape index (κ2) is 7.01. The Morgan fingerprint density at radius 1 is 1.22 bits per heavy atom. The minimum Gasteiger partial charge on any atom is -0.445 e. The van der Waals surface area contributed by atoms with Crippen LogP contribution in [0.15, 0.2) is 30.3 Å². The molecule has 0 bridgehead atoms. The molecule has 1 saturated heterocycles. The van der Waals surface area contributed by atoms with Gasteiger partial charge in [0.15, 0.2) is 0 Å². The molecule has 97 valence electrons. The highest BCUT2D eigenvalue weighted by molar-refractivity contribution is 5.67. The van der Waals surface area contributed by atoms with E-state index in [1.807, 2.05) is 30.3 Å². The normalized spacial score (nSPS) is 16.2. The van der Waals surface area contributed by atoms with Crippen molar-refractivity contribution in [3.8, 4) is 0 Å². The molecule has 0 unspecified atom stereocenters. The lowest BCUT2D eigenvalue weighted by atomic mass is 10.1. The molecule has 0 atom stereocenters. The Morgan fingerprint density at radius 2 is 1.94 bits per heavy atom. The van der Waals surface area contributed by atoms with Gasteiger partial charge in [-0.15, -0.1) is 0 Å². The monoisotopic (exact) mass is 247 g/mol. The summed E-state index contributed by atoms with van der Waals surface area (Å²) in [4.78, 5) is 13.7. The van der Waals surface area contributed by atoms with E-state index < -0.39 is 0 Å². The number of amides is 1. The third kappa shape index (κ3) is 4.37. The van der Waals surface area contributed by atoms with E-state index in [0.29, 0.717) is 13.3 Å². The highest BCUT2D eigenvalue weighted by Crippen LogP contribution is 2.06. The molecule has 4 nitrogen and oxygen atoms in total. The molecule has 1 N–H and O–H groups in total. The number of alkyl carbamates (subject to hydrolysis) is 1. The first-order valence-electron chi connectivity index (χ1n) is 6.33. The molecule has 1 radical (unpaired) electrons. The van der Waals surface area contributed by atoms with Crippen LogP contribution >= 0.6 is 0 Å². The summed E-state index contributed by atoms with van der Waals surface area (Å²) < 4.78 is 5.13. The molecule has 1 aromatic carbocycles. The van der Waals surface area contributed by atoms with Gasteiger partial charge in [-0.3, -0.25) is 4.90 Å². The Morgan fingerprint density at radius 3 is 2.67 bits per heavy atom. The Hall–Kier alpha value is -1.55. The molecule has 4 heteroatoms. The van der Waals surface area contributed by atoms with Gasteiger partial charge in [-0.2, -0.15) is 0 Å². The summed E-state index contributed by atoms with van der Waals surface area (Å²) in [7, 11) is 0. The van der Waals surface area contributed by atoms with E-state index in [2.05, 4.69) is 16.6 Å². The summed E-state index contributed by atoms with van der Waals surface area (Å²) in [6.45, 7) is 2.92. The number of rotatable bonds is 4. The zero-order chi connectivity index (χ0) is 12.6. The van der Waals surface area contributed by atoms with Crippen LogP contribution in [0.1, 0.15) is 18.4 Å². The topological polar surface area (TPSA) is 41.6 Å². The lowest BCUT2D eigenvalue weighted by Crippen LogP contribution is -2.40. The first-order chi connectivity index (χ1) is 8.84. The molecule has 1 heterocycles. The smallest absolute Gasteiger partial charge is 0.408 e. The largest absolute Gasteiger partial charge is 0.445 e. The summed E-state index contributed by atoms with van der Waals surface area (Å²) in [5.41, 5.74) is 1.00. The number of piperidine rings is 1. The van der Waals surface area contributed by atoms with Crippen molar-refractivity contribution in [3.05, 3.63) is 42.3 Å². The third-order valence-corrected chi connectivity index (χ3v) is 2.96. The van der Waals surface area contributed by atoms with Crippen molar-refractivity contribution >= 4 is 6.09 Å². The van der Waals surface area contributed by atoms with Crippen LogP contribution < -0.4 is 5.32 Å². The van der Waals surface area contributed by atoms with Gasteiger partial charge in [-0.1, -0.05) is 30.3 Å². The SMILES string of the molecule is O=C(NCN1CC[CH]CC1)OCc1ccccc1. The highest BCUT2D eigenvalue weighted by Gasteiger charge is 2.11. The minimum atomic E-state index is -0.353. The number of nitrogens with zero attached hydrogens (tertiary/aromatic N) is 1. The Labute approximate surface area is 108 Å². The average molecular weight is 247 g/mol. The van der Waals surface area contributed by atoms with Crippen LogP contribution in [0.5, 0.6) is 0 Å². The number of hydrogen-bond donors (Lipinski definition) is 1. The Bertz CT molecular complexity index is 361. The van der Waals surface area contributed by atoms with E-state index in [9.17, 15) is 4.79 Å². The van der Waals surface area contributed by atoms with Gasteiger partial charge in [0.05, 0.1) is 6.67 Å². The minimum absolute atomic E-state index is 0.320.